The summed E-state index contributed by atoms with van der Waals surface area (Å²) in [6.45, 7) is 4.90. The largest absolute Gasteiger partial charge is 0.374 e. The van der Waals surface area contributed by atoms with Crippen molar-refractivity contribution in [3.8, 4) is 0 Å². The first-order valence-electron chi connectivity index (χ1n) is 5.43. The highest BCUT2D eigenvalue weighted by molar-refractivity contribution is 7.56. The van der Waals surface area contributed by atoms with E-state index in [-0.39, 0.29) is 41.7 Å². The first kappa shape index (κ1) is 18.0. The molecule has 0 heterocycles. The van der Waals surface area contributed by atoms with E-state index >= 15 is 0 Å². The third-order valence-electron chi connectivity index (χ3n) is 1.47. The van der Waals surface area contributed by atoms with Crippen molar-refractivity contribution >= 4 is 28.5 Å². The molecule has 0 saturated carbocycles. The number of carbonyl (C=O) groups excluding carboxylic acids is 2. The molecule has 0 aliphatic carbocycles. The molecule has 18 heavy (non-hydrogen) atoms. The molecule has 0 bridgehead atoms. The van der Waals surface area contributed by atoms with Crippen molar-refractivity contribution in [2.75, 3.05) is 26.4 Å². The molecule has 0 aromatic carbocycles. The van der Waals surface area contributed by atoms with Gasteiger partial charge in [0.25, 0.3) is 0 Å². The summed E-state index contributed by atoms with van der Waals surface area (Å²) < 4.78 is 9.88. The van der Waals surface area contributed by atoms with Gasteiger partial charge in [0.2, 0.25) is 0 Å². The maximum absolute atomic E-state index is 11.1. The monoisotopic (exact) mass is 298 g/mol. The van der Waals surface area contributed by atoms with E-state index in [2.05, 4.69) is 21.5 Å². The molecule has 2 atom stereocenters. The first-order valence-corrected chi connectivity index (χ1v) is 7.43. The lowest BCUT2D eigenvalue weighted by Gasteiger charge is -2.08. The summed E-state index contributed by atoms with van der Waals surface area (Å²) in [6.07, 6.45) is 0. The number of hydrogen-bond acceptors (Lipinski definition) is 8. The summed E-state index contributed by atoms with van der Waals surface area (Å²) in [5.74, 6) is 0. The standard InChI is InChI=1S/C8H20N4O4P2/c1-3-15-5-7(13)17-11-9-10-12-18-8(14)6-16-4-2/h9-12,17-18H,3-6H2,1-2H3. The zero-order valence-corrected chi connectivity index (χ0v) is 12.5. The summed E-state index contributed by atoms with van der Waals surface area (Å²) in [4.78, 5) is 22.3. The predicted octanol–water partition coefficient (Wildman–Crippen LogP) is -0.597. The molecule has 0 spiro atoms. The molecule has 0 rings (SSSR count). The predicted molar refractivity (Wildman–Crippen MR) is 72.2 cm³/mol. The van der Waals surface area contributed by atoms with Gasteiger partial charge in [-0.3, -0.25) is 9.59 Å². The van der Waals surface area contributed by atoms with Gasteiger partial charge in [-0.2, -0.15) is 11.1 Å². The zero-order valence-electron chi connectivity index (χ0n) is 10.5. The van der Waals surface area contributed by atoms with Crippen LogP contribution < -0.4 is 21.5 Å². The first-order chi connectivity index (χ1) is 8.70. The molecule has 0 aliphatic heterocycles. The minimum atomic E-state index is -0.112. The highest BCUT2D eigenvalue weighted by atomic mass is 31.1. The van der Waals surface area contributed by atoms with Gasteiger partial charge in [0.05, 0.1) is 0 Å². The SMILES string of the molecule is CCOCC(=O)PNNNNPC(=O)COCC. The van der Waals surface area contributed by atoms with Crippen LogP contribution in [0.3, 0.4) is 0 Å². The van der Waals surface area contributed by atoms with Crippen molar-refractivity contribution < 1.29 is 19.1 Å². The van der Waals surface area contributed by atoms with Gasteiger partial charge in [-0.25, -0.2) is 10.4 Å². The van der Waals surface area contributed by atoms with Crippen LogP contribution in [0, 0.1) is 0 Å². The molecule has 10 heteroatoms. The van der Waals surface area contributed by atoms with Crippen molar-refractivity contribution in [1.29, 1.82) is 0 Å². The van der Waals surface area contributed by atoms with Gasteiger partial charge in [0.15, 0.2) is 11.0 Å². The van der Waals surface area contributed by atoms with Crippen LogP contribution in [0.4, 0.5) is 0 Å². The quantitative estimate of drug-likeness (QED) is 0.203. The molecule has 2 unspecified atom stereocenters. The smallest absolute Gasteiger partial charge is 0.192 e. The van der Waals surface area contributed by atoms with E-state index < -0.39 is 0 Å². The lowest BCUT2D eigenvalue weighted by Crippen LogP contribution is -2.45. The molecule has 0 fully saturated rings. The van der Waals surface area contributed by atoms with Crippen LogP contribution in [0.1, 0.15) is 13.8 Å². The Morgan fingerprint density at radius 1 is 0.889 bits per heavy atom. The molecule has 0 amide bonds. The number of carbonyl (C=O) groups is 2. The fourth-order valence-electron chi connectivity index (χ4n) is 0.726. The number of hydrogen-bond donors (Lipinski definition) is 4. The van der Waals surface area contributed by atoms with E-state index in [1.807, 2.05) is 13.8 Å². The third-order valence-corrected chi connectivity index (χ3v) is 2.81. The second kappa shape index (κ2) is 13.4. The van der Waals surface area contributed by atoms with E-state index in [4.69, 9.17) is 9.47 Å². The maximum Gasteiger partial charge on any atom is 0.192 e. The highest BCUT2D eigenvalue weighted by Gasteiger charge is 2.01. The summed E-state index contributed by atoms with van der Waals surface area (Å²) in [6, 6.07) is 0. The molecule has 0 radical (unpaired) electrons. The molecular weight excluding hydrogens is 278 g/mol. The lowest BCUT2D eigenvalue weighted by molar-refractivity contribution is -0.116. The van der Waals surface area contributed by atoms with Crippen LogP contribution in [-0.2, 0) is 19.1 Å². The summed E-state index contributed by atoms with van der Waals surface area (Å²) in [5.41, 5.74) is 5.00. The van der Waals surface area contributed by atoms with E-state index in [9.17, 15) is 9.59 Å². The Kier molecular flexibility index (Phi) is 13.4. The molecule has 0 aromatic heterocycles. The van der Waals surface area contributed by atoms with Crippen molar-refractivity contribution in [1.82, 2.24) is 21.5 Å². The van der Waals surface area contributed by atoms with Gasteiger partial charge < -0.3 is 9.47 Å². The Labute approximate surface area is 110 Å². The normalized spacial score (nSPS) is 11.9. The fraction of sp³-hybridized carbons (Fsp3) is 0.750. The number of rotatable bonds is 13. The van der Waals surface area contributed by atoms with E-state index in [1.54, 1.807) is 0 Å². The maximum atomic E-state index is 11.1. The van der Waals surface area contributed by atoms with Crippen LogP contribution in [0.5, 0.6) is 0 Å². The van der Waals surface area contributed by atoms with Crippen LogP contribution >= 0.6 is 17.5 Å². The minimum Gasteiger partial charge on any atom is -0.374 e. The minimum absolute atomic E-state index is 0.0407. The van der Waals surface area contributed by atoms with Gasteiger partial charge in [-0.1, -0.05) is 0 Å². The number of hydrazine groups is 3. The van der Waals surface area contributed by atoms with Crippen LogP contribution in [0.25, 0.3) is 0 Å². The van der Waals surface area contributed by atoms with Crippen LogP contribution in [0.2, 0.25) is 0 Å². The molecule has 106 valence electrons. The fourth-order valence-corrected chi connectivity index (χ4v) is 1.60. The van der Waals surface area contributed by atoms with Gasteiger partial charge >= 0.3 is 0 Å². The Balaban J connectivity index is 3.25. The van der Waals surface area contributed by atoms with E-state index in [1.165, 1.54) is 0 Å². The van der Waals surface area contributed by atoms with Crippen molar-refractivity contribution in [3.63, 3.8) is 0 Å². The van der Waals surface area contributed by atoms with Gasteiger partial charge in [0, 0.05) is 30.7 Å². The van der Waals surface area contributed by atoms with Crippen molar-refractivity contribution in [2.24, 2.45) is 0 Å². The van der Waals surface area contributed by atoms with Crippen molar-refractivity contribution in [2.45, 2.75) is 13.8 Å². The molecule has 0 saturated heterocycles. The zero-order chi connectivity index (χ0) is 13.6. The Bertz CT molecular complexity index is 221. The molecular formula is C8H20N4O4P2. The number of nitrogens with one attached hydrogen (secondary N) is 4. The summed E-state index contributed by atoms with van der Waals surface area (Å²) in [5, 5.41) is 5.29. The molecule has 0 aliphatic rings. The van der Waals surface area contributed by atoms with Gasteiger partial charge in [0.1, 0.15) is 13.2 Å². The van der Waals surface area contributed by atoms with E-state index in [0.29, 0.717) is 13.2 Å². The van der Waals surface area contributed by atoms with Gasteiger partial charge in [-0.05, 0) is 13.8 Å². The van der Waals surface area contributed by atoms with Crippen LogP contribution in [0.15, 0.2) is 0 Å². The molecule has 0 aromatic rings. The molecule has 4 N–H and O–H groups in total. The summed E-state index contributed by atoms with van der Waals surface area (Å²) >= 11 is 0. The topological polar surface area (TPSA) is 101 Å². The van der Waals surface area contributed by atoms with Crippen molar-refractivity contribution in [3.05, 3.63) is 0 Å². The lowest BCUT2D eigenvalue weighted by atomic mass is 10.8. The Hall–Kier alpha value is -0.0400. The molecule has 8 nitrogen and oxygen atoms in total. The second-order valence-corrected chi connectivity index (χ2v) is 4.99. The average molecular weight is 298 g/mol. The highest BCUT2D eigenvalue weighted by Crippen LogP contribution is 2.03. The average Bonchev–Trinajstić information content (AvgIpc) is 2.37. The van der Waals surface area contributed by atoms with Crippen LogP contribution in [-0.4, -0.2) is 37.5 Å². The second-order valence-electron chi connectivity index (χ2n) is 2.87. The van der Waals surface area contributed by atoms with E-state index in [0.717, 1.165) is 0 Å². The number of ether oxygens (including phenoxy) is 2. The summed E-state index contributed by atoms with van der Waals surface area (Å²) in [7, 11) is -0.224. The Morgan fingerprint density at radius 3 is 1.61 bits per heavy atom. The Morgan fingerprint density at radius 2 is 1.28 bits per heavy atom. The van der Waals surface area contributed by atoms with Gasteiger partial charge in [-0.15, -0.1) is 0 Å². The third kappa shape index (κ3) is 12.4.